The van der Waals surface area contributed by atoms with Crippen molar-refractivity contribution in [2.75, 3.05) is 5.32 Å². The van der Waals surface area contributed by atoms with Gasteiger partial charge in [-0.05, 0) is 56.4 Å². The van der Waals surface area contributed by atoms with Gasteiger partial charge in [-0.15, -0.1) is 0 Å². The molecular weight excluding hydrogens is 441 g/mol. The zero-order valence-electron chi connectivity index (χ0n) is 17.8. The highest BCUT2D eigenvalue weighted by atomic mass is 19.4. The number of alkyl halides is 3. The normalized spacial score (nSPS) is 18.8. The Morgan fingerprint density at radius 1 is 1.00 bits per heavy atom. The van der Waals surface area contributed by atoms with Crippen molar-refractivity contribution >= 4 is 22.5 Å². The maximum absolute atomic E-state index is 14.2. The van der Waals surface area contributed by atoms with Crippen molar-refractivity contribution in [2.45, 2.75) is 50.9 Å². The summed E-state index contributed by atoms with van der Waals surface area (Å²) in [5, 5.41) is 6.47. The lowest BCUT2D eigenvalue weighted by Crippen LogP contribution is -2.40. The Kier molecular flexibility index (Phi) is 6.23. The molecular formula is C24H22F5N3O. The van der Waals surface area contributed by atoms with Crippen LogP contribution in [-0.4, -0.2) is 23.0 Å². The van der Waals surface area contributed by atoms with Crippen molar-refractivity contribution in [3.05, 3.63) is 70.9 Å². The molecule has 3 aromatic rings. The molecule has 0 radical (unpaired) electrons. The van der Waals surface area contributed by atoms with E-state index in [2.05, 4.69) is 15.6 Å². The maximum atomic E-state index is 14.2. The Morgan fingerprint density at radius 2 is 1.67 bits per heavy atom. The third-order valence-electron chi connectivity index (χ3n) is 5.94. The Morgan fingerprint density at radius 3 is 2.36 bits per heavy atom. The second kappa shape index (κ2) is 8.96. The molecule has 0 bridgehead atoms. The molecule has 1 aliphatic rings. The molecule has 4 nitrogen and oxygen atoms in total. The lowest BCUT2D eigenvalue weighted by atomic mass is 9.90. The van der Waals surface area contributed by atoms with Crippen LogP contribution in [0.15, 0.2) is 42.5 Å². The van der Waals surface area contributed by atoms with Crippen molar-refractivity contribution in [1.82, 2.24) is 10.3 Å². The van der Waals surface area contributed by atoms with E-state index in [1.165, 1.54) is 19.1 Å². The fourth-order valence-electron chi connectivity index (χ4n) is 4.16. The first-order valence-electron chi connectivity index (χ1n) is 10.6. The number of halogens is 5. The zero-order valence-corrected chi connectivity index (χ0v) is 17.8. The summed E-state index contributed by atoms with van der Waals surface area (Å²) in [5.74, 6) is -2.61. The number of nitrogens with zero attached hydrogens (tertiary/aromatic N) is 1. The minimum absolute atomic E-state index is 0.113. The number of amides is 1. The molecule has 9 heteroatoms. The molecule has 0 saturated heterocycles. The van der Waals surface area contributed by atoms with E-state index in [0.29, 0.717) is 36.8 Å². The van der Waals surface area contributed by atoms with Gasteiger partial charge in [0.25, 0.3) is 5.91 Å². The third-order valence-corrected chi connectivity index (χ3v) is 5.94. The third kappa shape index (κ3) is 4.91. The molecule has 2 aromatic carbocycles. The number of rotatable bonds is 4. The number of hydrogen-bond acceptors (Lipinski definition) is 3. The second-order valence-electron chi connectivity index (χ2n) is 8.29. The first-order chi connectivity index (χ1) is 15.6. The van der Waals surface area contributed by atoms with Crippen LogP contribution in [0.1, 0.15) is 47.3 Å². The lowest BCUT2D eigenvalue weighted by molar-refractivity contribution is -0.140. The summed E-state index contributed by atoms with van der Waals surface area (Å²) in [6.07, 6.45) is -2.38. The Balaban J connectivity index is 1.44. The van der Waals surface area contributed by atoms with Crippen LogP contribution in [0.3, 0.4) is 0 Å². The fourth-order valence-corrected chi connectivity index (χ4v) is 4.16. The van der Waals surface area contributed by atoms with Gasteiger partial charge in [-0.1, -0.05) is 24.3 Å². The van der Waals surface area contributed by atoms with Gasteiger partial charge < -0.3 is 10.6 Å². The predicted molar refractivity (Wildman–Crippen MR) is 115 cm³/mol. The largest absolute Gasteiger partial charge is 0.433 e. The zero-order chi connectivity index (χ0) is 23.8. The van der Waals surface area contributed by atoms with Gasteiger partial charge in [0.05, 0.1) is 5.52 Å². The van der Waals surface area contributed by atoms with E-state index in [9.17, 15) is 26.7 Å². The summed E-state index contributed by atoms with van der Waals surface area (Å²) in [7, 11) is 0. The number of benzene rings is 2. The molecule has 1 aromatic heterocycles. The highest BCUT2D eigenvalue weighted by Crippen LogP contribution is 2.34. The second-order valence-corrected chi connectivity index (χ2v) is 8.29. The van der Waals surface area contributed by atoms with Crippen LogP contribution in [0.5, 0.6) is 0 Å². The van der Waals surface area contributed by atoms with E-state index in [4.69, 9.17) is 0 Å². The van der Waals surface area contributed by atoms with Crippen LogP contribution in [-0.2, 0) is 6.18 Å². The predicted octanol–water partition coefficient (Wildman–Crippen LogP) is 5.99. The Hall–Kier alpha value is -3.23. The quantitative estimate of drug-likeness (QED) is 0.467. The first-order valence-corrected chi connectivity index (χ1v) is 10.6. The molecule has 1 amide bonds. The SMILES string of the molecule is Cc1ccc(F)c(C(=O)NC2CCC(Nc3cc(C(F)(F)F)nc4ccccc34)CC2)c1F. The van der Waals surface area contributed by atoms with Crippen molar-refractivity contribution in [1.29, 1.82) is 0 Å². The van der Waals surface area contributed by atoms with Crippen molar-refractivity contribution < 1.29 is 26.7 Å². The van der Waals surface area contributed by atoms with Gasteiger partial charge in [0.1, 0.15) is 22.9 Å². The Labute approximate surface area is 187 Å². The highest BCUT2D eigenvalue weighted by Gasteiger charge is 2.34. The number of pyridine rings is 1. The number of fused-ring (bicyclic) bond motifs is 1. The van der Waals surface area contributed by atoms with Crippen molar-refractivity contribution in [3.63, 3.8) is 0 Å². The molecule has 1 fully saturated rings. The van der Waals surface area contributed by atoms with Crippen LogP contribution in [0.2, 0.25) is 0 Å². The summed E-state index contributed by atoms with van der Waals surface area (Å²) < 4.78 is 68.1. The van der Waals surface area contributed by atoms with Gasteiger partial charge in [-0.25, -0.2) is 13.8 Å². The highest BCUT2D eigenvalue weighted by molar-refractivity contribution is 5.95. The maximum Gasteiger partial charge on any atom is 0.433 e. The van der Waals surface area contributed by atoms with Crippen LogP contribution >= 0.6 is 0 Å². The number of aryl methyl sites for hydroxylation is 1. The molecule has 1 heterocycles. The number of para-hydroxylation sites is 1. The fraction of sp³-hybridized carbons (Fsp3) is 0.333. The average Bonchev–Trinajstić information content (AvgIpc) is 2.77. The number of hydrogen-bond donors (Lipinski definition) is 2. The number of anilines is 1. The number of carbonyl (C=O) groups excluding carboxylic acids is 1. The van der Waals surface area contributed by atoms with Gasteiger partial charge in [-0.3, -0.25) is 4.79 Å². The van der Waals surface area contributed by atoms with Crippen LogP contribution in [0, 0.1) is 18.6 Å². The molecule has 0 aliphatic heterocycles. The van der Waals surface area contributed by atoms with Crippen molar-refractivity contribution in [2.24, 2.45) is 0 Å². The average molecular weight is 463 g/mol. The lowest BCUT2D eigenvalue weighted by Gasteiger charge is -2.31. The molecule has 0 spiro atoms. The summed E-state index contributed by atoms with van der Waals surface area (Å²) >= 11 is 0. The van der Waals surface area contributed by atoms with Gasteiger partial charge in [0.15, 0.2) is 0 Å². The minimum Gasteiger partial charge on any atom is -0.382 e. The Bertz CT molecular complexity index is 1190. The molecule has 174 valence electrons. The summed E-state index contributed by atoms with van der Waals surface area (Å²) in [5.41, 5.74) is -0.787. The minimum atomic E-state index is -4.57. The topological polar surface area (TPSA) is 54.0 Å². The van der Waals surface area contributed by atoms with Crippen molar-refractivity contribution in [3.8, 4) is 0 Å². The van der Waals surface area contributed by atoms with Crippen LogP contribution < -0.4 is 10.6 Å². The summed E-state index contributed by atoms with van der Waals surface area (Å²) in [6.45, 7) is 1.45. The smallest absolute Gasteiger partial charge is 0.382 e. The monoisotopic (exact) mass is 463 g/mol. The van der Waals surface area contributed by atoms with E-state index >= 15 is 0 Å². The molecule has 0 atom stereocenters. The number of carbonyl (C=O) groups is 1. The van der Waals surface area contributed by atoms with E-state index in [-0.39, 0.29) is 23.2 Å². The molecule has 1 saturated carbocycles. The number of aromatic nitrogens is 1. The summed E-state index contributed by atoms with van der Waals surface area (Å²) in [4.78, 5) is 16.2. The number of nitrogens with one attached hydrogen (secondary N) is 2. The molecule has 0 unspecified atom stereocenters. The van der Waals surface area contributed by atoms with Gasteiger partial charge >= 0.3 is 6.18 Å². The van der Waals surface area contributed by atoms with Gasteiger partial charge in [-0.2, -0.15) is 13.2 Å². The van der Waals surface area contributed by atoms with E-state index in [1.54, 1.807) is 18.2 Å². The van der Waals surface area contributed by atoms with E-state index in [0.717, 1.165) is 12.1 Å². The van der Waals surface area contributed by atoms with Gasteiger partial charge in [0, 0.05) is 23.2 Å². The van der Waals surface area contributed by atoms with E-state index < -0.39 is 35.0 Å². The van der Waals surface area contributed by atoms with Crippen LogP contribution in [0.4, 0.5) is 27.6 Å². The molecule has 33 heavy (non-hydrogen) atoms. The standard InChI is InChI=1S/C24H22F5N3O/c1-13-6-11-17(25)21(22(13)26)23(33)31-15-9-7-14(8-10-15)30-19-12-20(24(27,28)29)32-18-5-3-2-4-16(18)19/h2-6,11-12,14-15H,7-10H2,1H3,(H,30,32)(H,31,33). The molecule has 1 aliphatic carbocycles. The van der Waals surface area contributed by atoms with Crippen LogP contribution in [0.25, 0.3) is 10.9 Å². The molecule has 4 rings (SSSR count). The molecule has 2 N–H and O–H groups in total. The summed E-state index contributed by atoms with van der Waals surface area (Å²) in [6, 6.07) is 9.55. The van der Waals surface area contributed by atoms with Gasteiger partial charge in [0.2, 0.25) is 0 Å². The van der Waals surface area contributed by atoms with E-state index in [1.807, 2.05) is 0 Å². The first kappa shape index (κ1) is 22.9.